The Bertz CT molecular complexity index is 882. The zero-order valence-corrected chi connectivity index (χ0v) is 20.3. The number of nitrogens with one attached hydrogen (secondary N) is 2. The van der Waals surface area contributed by atoms with E-state index in [1.165, 1.54) is 0 Å². The minimum Gasteiger partial charge on any atom is -0.317 e. The van der Waals surface area contributed by atoms with Gasteiger partial charge in [0.25, 0.3) is 0 Å². The van der Waals surface area contributed by atoms with Crippen LogP contribution in [-0.4, -0.2) is 42.2 Å². The number of hydrogen-bond donors (Lipinski definition) is 2. The van der Waals surface area contributed by atoms with Crippen LogP contribution in [0, 0.1) is 0 Å². The van der Waals surface area contributed by atoms with E-state index in [-0.39, 0.29) is 5.75 Å². The summed E-state index contributed by atoms with van der Waals surface area (Å²) in [6.45, 7) is 2.14. The molecule has 8 heteroatoms. The van der Waals surface area contributed by atoms with Gasteiger partial charge >= 0.3 is 0 Å². The monoisotopic (exact) mass is 480 g/mol. The van der Waals surface area contributed by atoms with Crippen molar-refractivity contribution in [2.45, 2.75) is 61.2 Å². The van der Waals surface area contributed by atoms with E-state index in [0.29, 0.717) is 22.8 Å². The van der Waals surface area contributed by atoms with Crippen molar-refractivity contribution in [1.82, 2.24) is 10.0 Å². The summed E-state index contributed by atoms with van der Waals surface area (Å²) in [7, 11) is -6.55. The minimum absolute atomic E-state index is 0.225. The molecule has 0 heterocycles. The lowest BCUT2D eigenvalue weighted by molar-refractivity contribution is 0.549. The van der Waals surface area contributed by atoms with Crippen molar-refractivity contribution in [2.75, 3.05) is 25.4 Å². The Morgan fingerprint density at radius 2 is 1.03 bits per heavy atom. The summed E-state index contributed by atoms with van der Waals surface area (Å²) in [6, 6.07) is 17.1. The molecule has 0 saturated carbocycles. The predicted octanol–water partition coefficient (Wildman–Crippen LogP) is 4.15. The van der Waals surface area contributed by atoms with Gasteiger partial charge in [0, 0.05) is 6.54 Å². The highest BCUT2D eigenvalue weighted by molar-refractivity contribution is 7.91. The fourth-order valence-electron chi connectivity index (χ4n) is 3.40. The molecule has 0 atom stereocenters. The van der Waals surface area contributed by atoms with Crippen LogP contribution < -0.4 is 10.0 Å². The predicted molar refractivity (Wildman–Crippen MR) is 130 cm³/mol. The molecule has 0 aromatic heterocycles. The van der Waals surface area contributed by atoms with Crippen molar-refractivity contribution in [2.24, 2.45) is 0 Å². The van der Waals surface area contributed by atoms with E-state index in [1.807, 2.05) is 6.07 Å². The molecule has 0 fully saturated rings. The summed E-state index contributed by atoms with van der Waals surface area (Å²) in [4.78, 5) is 0.715. The average Bonchev–Trinajstić information content (AvgIpc) is 2.80. The zero-order chi connectivity index (χ0) is 23.1. The first kappa shape index (κ1) is 26.5. The van der Waals surface area contributed by atoms with Gasteiger partial charge in [-0.3, -0.25) is 0 Å². The molecule has 0 saturated heterocycles. The second-order valence-electron chi connectivity index (χ2n) is 7.92. The molecule has 2 aromatic carbocycles. The van der Waals surface area contributed by atoms with Gasteiger partial charge in [-0.05, 0) is 56.6 Å². The second kappa shape index (κ2) is 14.4. The van der Waals surface area contributed by atoms with Crippen molar-refractivity contribution in [3.05, 3.63) is 60.7 Å². The van der Waals surface area contributed by atoms with Gasteiger partial charge in [0.2, 0.25) is 10.0 Å². The van der Waals surface area contributed by atoms with Crippen LogP contribution >= 0.6 is 0 Å². The number of benzene rings is 2. The molecule has 0 aliphatic rings. The van der Waals surface area contributed by atoms with Crippen LogP contribution in [0.3, 0.4) is 0 Å². The summed E-state index contributed by atoms with van der Waals surface area (Å²) < 4.78 is 51.2. The topological polar surface area (TPSA) is 92.3 Å². The fraction of sp³-hybridized carbons (Fsp3) is 0.500. The van der Waals surface area contributed by atoms with Gasteiger partial charge in [0.1, 0.15) is 0 Å². The highest BCUT2D eigenvalue weighted by atomic mass is 32.2. The van der Waals surface area contributed by atoms with Gasteiger partial charge in [0.15, 0.2) is 9.84 Å². The number of unbranched alkanes of at least 4 members (excludes halogenated alkanes) is 6. The first-order valence-electron chi connectivity index (χ1n) is 11.4. The van der Waals surface area contributed by atoms with E-state index in [9.17, 15) is 16.8 Å². The normalized spacial score (nSPS) is 12.1. The van der Waals surface area contributed by atoms with Gasteiger partial charge < -0.3 is 5.32 Å². The minimum atomic E-state index is -3.41. The average molecular weight is 481 g/mol. The third-order valence-electron chi connectivity index (χ3n) is 5.24. The Labute approximate surface area is 193 Å². The highest BCUT2D eigenvalue weighted by Gasteiger charge is 2.13. The van der Waals surface area contributed by atoms with E-state index in [4.69, 9.17) is 0 Å². The van der Waals surface area contributed by atoms with Gasteiger partial charge in [-0.25, -0.2) is 21.6 Å². The van der Waals surface area contributed by atoms with Crippen molar-refractivity contribution in [1.29, 1.82) is 0 Å². The van der Waals surface area contributed by atoms with E-state index >= 15 is 0 Å². The molecule has 0 amide bonds. The third-order valence-corrected chi connectivity index (χ3v) is 8.54. The third kappa shape index (κ3) is 10.3. The van der Waals surface area contributed by atoms with Crippen molar-refractivity contribution < 1.29 is 16.8 Å². The van der Waals surface area contributed by atoms with Gasteiger partial charge in [-0.1, -0.05) is 68.5 Å². The van der Waals surface area contributed by atoms with Crippen LogP contribution in [0.25, 0.3) is 0 Å². The summed E-state index contributed by atoms with van der Waals surface area (Å²) in [6.07, 6.45) is 8.01. The number of rotatable bonds is 17. The maximum Gasteiger partial charge on any atom is 0.240 e. The molecule has 2 N–H and O–H groups in total. The van der Waals surface area contributed by atoms with Crippen LogP contribution in [0.2, 0.25) is 0 Å². The summed E-state index contributed by atoms with van der Waals surface area (Å²) in [5.74, 6) is 0.225. The molecule has 32 heavy (non-hydrogen) atoms. The fourth-order valence-corrected chi connectivity index (χ4v) is 5.89. The zero-order valence-electron chi connectivity index (χ0n) is 18.7. The number of sulfonamides is 1. The Hall–Kier alpha value is -1.74. The summed E-state index contributed by atoms with van der Waals surface area (Å²) in [5, 5.41) is 3.35. The molecular formula is C24H36N2O4S2. The Morgan fingerprint density at radius 3 is 1.66 bits per heavy atom. The van der Waals surface area contributed by atoms with Gasteiger partial charge in [-0.2, -0.15) is 0 Å². The molecule has 2 rings (SSSR count). The molecule has 0 aliphatic heterocycles. The Morgan fingerprint density at radius 1 is 0.531 bits per heavy atom. The Kier molecular flexibility index (Phi) is 11.9. The van der Waals surface area contributed by atoms with Gasteiger partial charge in [-0.15, -0.1) is 0 Å². The highest BCUT2D eigenvalue weighted by Crippen LogP contribution is 2.14. The molecular weight excluding hydrogens is 444 g/mol. The van der Waals surface area contributed by atoms with Crippen molar-refractivity contribution >= 4 is 19.9 Å². The van der Waals surface area contributed by atoms with Crippen LogP contribution in [0.4, 0.5) is 0 Å². The molecule has 2 aromatic rings. The lowest BCUT2D eigenvalue weighted by Crippen LogP contribution is -2.27. The van der Waals surface area contributed by atoms with E-state index in [2.05, 4.69) is 10.0 Å². The lowest BCUT2D eigenvalue weighted by atomic mass is 10.1. The largest absolute Gasteiger partial charge is 0.317 e. The van der Waals surface area contributed by atoms with Crippen molar-refractivity contribution in [3.63, 3.8) is 0 Å². The van der Waals surface area contributed by atoms with Crippen LogP contribution in [0.1, 0.15) is 51.4 Å². The van der Waals surface area contributed by atoms with Gasteiger partial charge in [0.05, 0.1) is 15.5 Å². The standard InChI is InChI=1S/C24H36N2O4S2/c27-31(28,23-15-8-6-9-16-23)22-13-5-3-1-2-4-12-19-25-20-14-21-26-32(29,30)24-17-10-7-11-18-24/h6-11,15-18,25-26H,1-5,12-14,19-22H2. The first-order chi connectivity index (χ1) is 15.4. The summed E-state index contributed by atoms with van der Waals surface area (Å²) in [5.41, 5.74) is 0. The van der Waals surface area contributed by atoms with E-state index < -0.39 is 19.9 Å². The van der Waals surface area contributed by atoms with Crippen LogP contribution in [0.15, 0.2) is 70.5 Å². The smallest absolute Gasteiger partial charge is 0.240 e. The van der Waals surface area contributed by atoms with E-state index in [1.54, 1.807) is 54.6 Å². The molecule has 6 nitrogen and oxygen atoms in total. The van der Waals surface area contributed by atoms with Crippen LogP contribution in [0.5, 0.6) is 0 Å². The molecule has 178 valence electrons. The Balaban J connectivity index is 1.39. The van der Waals surface area contributed by atoms with Crippen molar-refractivity contribution in [3.8, 4) is 0 Å². The molecule has 0 aliphatic carbocycles. The maximum absolute atomic E-state index is 12.2. The number of sulfone groups is 1. The SMILES string of the molecule is O=S(=O)(CCCCCCCCCNCCCNS(=O)(=O)c1ccccc1)c1ccccc1. The maximum atomic E-state index is 12.2. The first-order valence-corrected chi connectivity index (χ1v) is 14.6. The van der Waals surface area contributed by atoms with Crippen LogP contribution in [-0.2, 0) is 19.9 Å². The molecule has 0 unspecified atom stereocenters. The molecule has 0 bridgehead atoms. The number of hydrogen-bond acceptors (Lipinski definition) is 5. The second-order valence-corrected chi connectivity index (χ2v) is 11.8. The molecule has 0 radical (unpaired) electrons. The summed E-state index contributed by atoms with van der Waals surface area (Å²) >= 11 is 0. The lowest BCUT2D eigenvalue weighted by Gasteiger charge is -2.08. The quantitative estimate of drug-likeness (QED) is 0.332. The molecule has 0 spiro atoms. The van der Waals surface area contributed by atoms with E-state index in [0.717, 1.165) is 58.0 Å².